The van der Waals surface area contributed by atoms with Gasteiger partial charge in [0.25, 0.3) is 5.91 Å². The number of amides is 1. The van der Waals surface area contributed by atoms with Gasteiger partial charge in [-0.25, -0.2) is 4.98 Å². The Morgan fingerprint density at radius 3 is 2.53 bits per heavy atom. The molecule has 0 saturated heterocycles. The van der Waals surface area contributed by atoms with Crippen molar-refractivity contribution in [3.8, 4) is 0 Å². The second-order valence-electron chi connectivity index (χ2n) is 3.93. The van der Waals surface area contributed by atoms with Gasteiger partial charge in [0.05, 0.1) is 17.2 Å². The van der Waals surface area contributed by atoms with Gasteiger partial charge in [-0.2, -0.15) is 0 Å². The third-order valence-corrected chi connectivity index (χ3v) is 2.62. The lowest BCUT2D eigenvalue weighted by Crippen LogP contribution is -2.14. The van der Waals surface area contributed by atoms with Crippen LogP contribution in [0.25, 0.3) is 11.0 Å². The lowest BCUT2D eigenvalue weighted by molar-refractivity contribution is 0.102. The Morgan fingerprint density at radius 2 is 1.74 bits per heavy atom. The Morgan fingerprint density at radius 1 is 1.00 bits per heavy atom. The Kier molecular flexibility index (Phi) is 2.86. The Hall–Kier alpha value is -2.82. The van der Waals surface area contributed by atoms with Crippen LogP contribution in [-0.4, -0.2) is 20.9 Å². The highest BCUT2D eigenvalue weighted by molar-refractivity contribution is 6.03. The van der Waals surface area contributed by atoms with Crippen LogP contribution in [0, 0.1) is 0 Å². The molecule has 1 N–H and O–H groups in total. The average molecular weight is 250 g/mol. The monoisotopic (exact) mass is 250 g/mol. The van der Waals surface area contributed by atoms with E-state index in [0.717, 1.165) is 5.52 Å². The smallest absolute Gasteiger partial charge is 0.275 e. The molecule has 0 unspecified atom stereocenters. The summed E-state index contributed by atoms with van der Waals surface area (Å²) in [4.78, 5) is 24.4. The van der Waals surface area contributed by atoms with E-state index in [9.17, 15) is 4.79 Å². The first-order valence-corrected chi connectivity index (χ1v) is 5.76. The highest BCUT2D eigenvalue weighted by Crippen LogP contribution is 2.10. The van der Waals surface area contributed by atoms with Crippen LogP contribution in [-0.2, 0) is 0 Å². The first-order valence-electron chi connectivity index (χ1n) is 5.76. The zero-order valence-electron chi connectivity index (χ0n) is 9.95. The molecule has 2 aromatic heterocycles. The number of aromatic nitrogens is 3. The van der Waals surface area contributed by atoms with E-state index in [1.807, 2.05) is 24.3 Å². The van der Waals surface area contributed by atoms with Crippen LogP contribution >= 0.6 is 0 Å². The minimum absolute atomic E-state index is 0.288. The summed E-state index contributed by atoms with van der Waals surface area (Å²) in [5.41, 5.74) is 2.43. The van der Waals surface area contributed by atoms with Crippen molar-refractivity contribution in [1.82, 2.24) is 15.0 Å². The number of rotatable bonds is 2. The van der Waals surface area contributed by atoms with Crippen LogP contribution in [0.1, 0.15) is 10.5 Å². The van der Waals surface area contributed by atoms with E-state index in [0.29, 0.717) is 11.2 Å². The van der Waals surface area contributed by atoms with Crippen molar-refractivity contribution in [3.05, 3.63) is 60.7 Å². The number of benzene rings is 1. The van der Waals surface area contributed by atoms with Crippen molar-refractivity contribution in [2.75, 3.05) is 5.32 Å². The molecule has 0 bridgehead atoms. The number of carbonyl (C=O) groups excluding carboxylic acids is 1. The molecule has 0 atom stereocenters. The molecule has 0 aliphatic carbocycles. The van der Waals surface area contributed by atoms with Crippen LogP contribution in [0.2, 0.25) is 0 Å². The van der Waals surface area contributed by atoms with Crippen LogP contribution in [0.4, 0.5) is 5.69 Å². The first kappa shape index (κ1) is 11.3. The molecular formula is C14H10N4O. The number of fused-ring (bicyclic) bond motifs is 1. The minimum Gasteiger partial charge on any atom is -0.320 e. The topological polar surface area (TPSA) is 67.8 Å². The lowest BCUT2D eigenvalue weighted by Gasteiger charge is -2.04. The van der Waals surface area contributed by atoms with Gasteiger partial charge in [-0.3, -0.25) is 14.8 Å². The molecule has 1 aromatic carbocycles. The van der Waals surface area contributed by atoms with Crippen molar-refractivity contribution in [2.24, 2.45) is 0 Å². The molecule has 0 radical (unpaired) electrons. The van der Waals surface area contributed by atoms with E-state index in [2.05, 4.69) is 20.3 Å². The number of nitrogens with zero attached hydrogens (tertiary/aromatic N) is 3. The molecule has 0 aliphatic heterocycles. The predicted molar refractivity (Wildman–Crippen MR) is 71.7 cm³/mol. The van der Waals surface area contributed by atoms with Crippen LogP contribution in [0.5, 0.6) is 0 Å². The fourth-order valence-corrected chi connectivity index (χ4v) is 1.70. The van der Waals surface area contributed by atoms with E-state index in [4.69, 9.17) is 0 Å². The first-order chi connectivity index (χ1) is 9.33. The van der Waals surface area contributed by atoms with Crippen molar-refractivity contribution in [3.63, 3.8) is 0 Å². The number of hydrogen-bond acceptors (Lipinski definition) is 4. The highest BCUT2D eigenvalue weighted by Gasteiger charge is 2.09. The maximum Gasteiger partial charge on any atom is 0.275 e. The van der Waals surface area contributed by atoms with Crippen molar-refractivity contribution < 1.29 is 4.79 Å². The summed E-state index contributed by atoms with van der Waals surface area (Å²) in [6.45, 7) is 0. The summed E-state index contributed by atoms with van der Waals surface area (Å²) in [5.74, 6) is -0.288. The quantitative estimate of drug-likeness (QED) is 0.757. The zero-order valence-corrected chi connectivity index (χ0v) is 9.95. The summed E-state index contributed by atoms with van der Waals surface area (Å²) in [5, 5.41) is 2.74. The zero-order chi connectivity index (χ0) is 13.1. The third-order valence-electron chi connectivity index (χ3n) is 2.62. The Bertz CT molecular complexity index is 728. The summed E-state index contributed by atoms with van der Waals surface area (Å²) >= 11 is 0. The van der Waals surface area contributed by atoms with E-state index in [1.54, 1.807) is 24.5 Å². The van der Waals surface area contributed by atoms with Gasteiger partial charge in [-0.15, -0.1) is 0 Å². The molecule has 5 heteroatoms. The molecule has 0 aliphatic rings. The maximum absolute atomic E-state index is 12.0. The minimum atomic E-state index is -0.288. The lowest BCUT2D eigenvalue weighted by atomic mass is 10.3. The van der Waals surface area contributed by atoms with Crippen molar-refractivity contribution in [2.45, 2.75) is 0 Å². The van der Waals surface area contributed by atoms with Gasteiger partial charge in [-0.05, 0) is 24.3 Å². The van der Waals surface area contributed by atoms with Gasteiger partial charge in [0, 0.05) is 18.1 Å². The van der Waals surface area contributed by atoms with Gasteiger partial charge in [0.1, 0.15) is 5.69 Å². The van der Waals surface area contributed by atoms with Gasteiger partial charge in [0.2, 0.25) is 0 Å². The summed E-state index contributed by atoms with van der Waals surface area (Å²) in [6.07, 6.45) is 4.70. The summed E-state index contributed by atoms with van der Waals surface area (Å²) in [6, 6.07) is 10.9. The molecule has 92 valence electrons. The molecule has 1 amide bonds. The number of anilines is 1. The maximum atomic E-state index is 12.0. The molecular weight excluding hydrogens is 240 g/mol. The predicted octanol–water partition coefficient (Wildman–Crippen LogP) is 2.28. The normalized spacial score (nSPS) is 10.3. The van der Waals surface area contributed by atoms with Gasteiger partial charge < -0.3 is 5.32 Å². The molecule has 0 fully saturated rings. The highest BCUT2D eigenvalue weighted by atomic mass is 16.1. The second kappa shape index (κ2) is 4.81. The Balaban J connectivity index is 1.89. The number of hydrogen-bond donors (Lipinski definition) is 1. The Labute approximate surface area is 109 Å². The number of carbonyl (C=O) groups is 1. The largest absolute Gasteiger partial charge is 0.320 e. The van der Waals surface area contributed by atoms with Crippen LogP contribution in [0.3, 0.4) is 0 Å². The van der Waals surface area contributed by atoms with Gasteiger partial charge in [-0.1, -0.05) is 12.1 Å². The summed E-state index contributed by atoms with van der Waals surface area (Å²) < 4.78 is 0. The molecule has 0 spiro atoms. The molecule has 3 rings (SSSR count). The molecule has 3 aromatic rings. The average Bonchev–Trinajstić information content (AvgIpc) is 2.48. The SMILES string of the molecule is O=C(Nc1ccncc1)c1cnc2ccccc2n1. The van der Waals surface area contributed by atoms with E-state index >= 15 is 0 Å². The van der Waals surface area contributed by atoms with Crippen LogP contribution in [0.15, 0.2) is 55.0 Å². The fourth-order valence-electron chi connectivity index (χ4n) is 1.70. The van der Waals surface area contributed by atoms with E-state index < -0.39 is 0 Å². The standard InChI is InChI=1S/C14H10N4O/c19-14(17-10-5-7-15-8-6-10)13-9-16-11-3-1-2-4-12(11)18-13/h1-9H,(H,15,17,19). The number of pyridine rings is 1. The van der Waals surface area contributed by atoms with Crippen LogP contribution < -0.4 is 5.32 Å². The van der Waals surface area contributed by atoms with Gasteiger partial charge in [0.15, 0.2) is 0 Å². The molecule has 19 heavy (non-hydrogen) atoms. The fraction of sp³-hybridized carbons (Fsp3) is 0. The second-order valence-corrected chi connectivity index (χ2v) is 3.93. The van der Waals surface area contributed by atoms with Crippen molar-refractivity contribution >= 4 is 22.6 Å². The molecule has 5 nitrogen and oxygen atoms in total. The number of nitrogens with one attached hydrogen (secondary N) is 1. The van der Waals surface area contributed by atoms with Crippen molar-refractivity contribution in [1.29, 1.82) is 0 Å². The van der Waals surface area contributed by atoms with E-state index in [1.165, 1.54) is 6.20 Å². The third kappa shape index (κ3) is 2.40. The van der Waals surface area contributed by atoms with E-state index in [-0.39, 0.29) is 11.6 Å². The molecule has 0 saturated carbocycles. The number of para-hydroxylation sites is 2. The summed E-state index contributed by atoms with van der Waals surface area (Å²) in [7, 11) is 0. The van der Waals surface area contributed by atoms with Gasteiger partial charge >= 0.3 is 0 Å². The molecule has 2 heterocycles.